The lowest BCUT2D eigenvalue weighted by atomic mass is 9.81. The summed E-state index contributed by atoms with van der Waals surface area (Å²) in [5, 5.41) is 13.3. The highest BCUT2D eigenvalue weighted by atomic mass is 16.5. The van der Waals surface area contributed by atoms with Gasteiger partial charge in [0.05, 0.1) is 12.2 Å². The summed E-state index contributed by atoms with van der Waals surface area (Å²) in [6, 6.07) is 7.65. The van der Waals surface area contributed by atoms with Crippen molar-refractivity contribution in [2.45, 2.75) is 44.2 Å². The van der Waals surface area contributed by atoms with Crippen molar-refractivity contribution >= 4 is 22.8 Å². The van der Waals surface area contributed by atoms with Crippen LogP contribution in [-0.2, 0) is 16.1 Å². The van der Waals surface area contributed by atoms with Crippen molar-refractivity contribution in [2.24, 2.45) is 0 Å². The van der Waals surface area contributed by atoms with Crippen molar-refractivity contribution in [1.29, 1.82) is 0 Å². The Kier molecular flexibility index (Phi) is 5.08. The topological polar surface area (TPSA) is 80.6 Å². The molecule has 1 aromatic carbocycles. The Morgan fingerprint density at radius 2 is 1.96 bits per heavy atom. The Bertz CT molecular complexity index is 775. The third-order valence-electron chi connectivity index (χ3n) is 5.04. The van der Waals surface area contributed by atoms with Gasteiger partial charge in [-0.25, -0.2) is 4.79 Å². The summed E-state index contributed by atoms with van der Waals surface area (Å²) in [5.74, 6) is -1.26. The van der Waals surface area contributed by atoms with E-state index in [2.05, 4.69) is 5.32 Å². The number of amides is 1. The zero-order chi connectivity index (χ0) is 17.9. The highest BCUT2D eigenvalue weighted by Crippen LogP contribution is 2.30. The van der Waals surface area contributed by atoms with Crippen LogP contribution in [0.2, 0.25) is 0 Å². The highest BCUT2D eigenvalue weighted by Gasteiger charge is 2.41. The van der Waals surface area contributed by atoms with Gasteiger partial charge in [-0.05, 0) is 18.9 Å². The van der Waals surface area contributed by atoms with E-state index < -0.39 is 11.5 Å². The van der Waals surface area contributed by atoms with E-state index in [-0.39, 0.29) is 5.91 Å². The molecule has 6 nitrogen and oxygen atoms in total. The zero-order valence-electron chi connectivity index (χ0n) is 14.5. The zero-order valence-corrected chi connectivity index (χ0v) is 14.5. The van der Waals surface area contributed by atoms with E-state index in [9.17, 15) is 14.7 Å². The maximum atomic E-state index is 12.9. The lowest BCUT2D eigenvalue weighted by Gasteiger charge is -2.33. The molecule has 1 aliphatic rings. The molecule has 1 amide bonds. The molecule has 6 heteroatoms. The monoisotopic (exact) mass is 344 g/mol. The third kappa shape index (κ3) is 3.39. The number of rotatable bonds is 6. The van der Waals surface area contributed by atoms with Crippen LogP contribution in [-0.4, -0.2) is 40.8 Å². The van der Waals surface area contributed by atoms with Gasteiger partial charge in [0.25, 0.3) is 5.91 Å². The largest absolute Gasteiger partial charge is 0.480 e. The Morgan fingerprint density at radius 3 is 2.64 bits per heavy atom. The number of aromatic nitrogens is 1. The molecule has 1 heterocycles. The first-order valence-electron chi connectivity index (χ1n) is 8.70. The molecular weight excluding hydrogens is 320 g/mol. The molecular formula is C19H24N2O4. The first kappa shape index (κ1) is 17.5. The molecule has 1 saturated carbocycles. The summed E-state index contributed by atoms with van der Waals surface area (Å²) in [5.41, 5.74) is 0.307. The van der Waals surface area contributed by atoms with Crippen molar-refractivity contribution in [3.05, 3.63) is 36.0 Å². The molecule has 0 spiro atoms. The van der Waals surface area contributed by atoms with Gasteiger partial charge < -0.3 is 19.7 Å². The van der Waals surface area contributed by atoms with Crippen molar-refractivity contribution < 1.29 is 19.4 Å². The molecule has 0 saturated heterocycles. The Balaban J connectivity index is 1.92. The highest BCUT2D eigenvalue weighted by molar-refractivity contribution is 6.08. The minimum Gasteiger partial charge on any atom is -0.480 e. The van der Waals surface area contributed by atoms with Gasteiger partial charge in [0.15, 0.2) is 0 Å². The van der Waals surface area contributed by atoms with Crippen LogP contribution in [0.3, 0.4) is 0 Å². The van der Waals surface area contributed by atoms with Crippen molar-refractivity contribution in [2.75, 3.05) is 13.7 Å². The van der Waals surface area contributed by atoms with E-state index in [1.165, 1.54) is 0 Å². The number of carbonyl (C=O) groups excluding carboxylic acids is 1. The van der Waals surface area contributed by atoms with Crippen LogP contribution in [0.1, 0.15) is 42.5 Å². The number of hydrogen-bond donors (Lipinski definition) is 2. The number of carboxylic acid groups (broad SMARTS) is 1. The van der Waals surface area contributed by atoms with Crippen LogP contribution in [0.15, 0.2) is 30.5 Å². The Hall–Kier alpha value is -2.34. The number of carboxylic acids is 1. The predicted molar refractivity (Wildman–Crippen MR) is 94.7 cm³/mol. The van der Waals surface area contributed by atoms with E-state index in [4.69, 9.17) is 4.74 Å². The second-order valence-corrected chi connectivity index (χ2v) is 6.65. The second kappa shape index (κ2) is 7.27. The fourth-order valence-corrected chi connectivity index (χ4v) is 3.63. The maximum absolute atomic E-state index is 12.9. The molecule has 3 rings (SSSR count). The molecule has 0 aliphatic heterocycles. The molecule has 2 aromatic rings. The molecule has 1 fully saturated rings. The van der Waals surface area contributed by atoms with E-state index in [1.807, 2.05) is 28.8 Å². The molecule has 1 aromatic heterocycles. The van der Waals surface area contributed by atoms with Crippen molar-refractivity contribution in [3.63, 3.8) is 0 Å². The number of hydrogen-bond acceptors (Lipinski definition) is 3. The molecule has 0 radical (unpaired) electrons. The van der Waals surface area contributed by atoms with Gasteiger partial charge in [0.1, 0.15) is 5.54 Å². The van der Waals surface area contributed by atoms with Crippen LogP contribution >= 0.6 is 0 Å². The molecule has 1 aliphatic carbocycles. The van der Waals surface area contributed by atoms with Gasteiger partial charge in [0.2, 0.25) is 0 Å². The number of ether oxygens (including phenoxy) is 1. The standard InChI is InChI=1S/C19H24N2O4/c1-25-12-11-21-13-15(14-7-3-4-8-16(14)21)17(22)20-19(18(23)24)9-5-2-6-10-19/h3-4,7-8,13H,2,5-6,9-12H2,1H3,(H,20,22)(H,23,24). The van der Waals surface area contributed by atoms with Gasteiger partial charge in [-0.2, -0.15) is 0 Å². The first-order valence-corrected chi connectivity index (χ1v) is 8.70. The van der Waals surface area contributed by atoms with E-state index in [1.54, 1.807) is 13.3 Å². The number of fused-ring (bicyclic) bond motifs is 1. The van der Waals surface area contributed by atoms with Crippen LogP contribution in [0.25, 0.3) is 10.9 Å². The van der Waals surface area contributed by atoms with Crippen LogP contribution in [0, 0.1) is 0 Å². The number of nitrogens with zero attached hydrogens (tertiary/aromatic N) is 1. The second-order valence-electron chi connectivity index (χ2n) is 6.65. The van der Waals surface area contributed by atoms with Gasteiger partial charge in [-0.3, -0.25) is 4.79 Å². The summed E-state index contributed by atoms with van der Waals surface area (Å²) in [7, 11) is 1.64. The average molecular weight is 344 g/mol. The smallest absolute Gasteiger partial charge is 0.329 e. The molecule has 25 heavy (non-hydrogen) atoms. The maximum Gasteiger partial charge on any atom is 0.329 e. The van der Waals surface area contributed by atoms with Crippen LogP contribution in [0.4, 0.5) is 0 Å². The summed E-state index contributed by atoms with van der Waals surface area (Å²) in [4.78, 5) is 24.7. The lowest BCUT2D eigenvalue weighted by molar-refractivity contribution is -0.145. The van der Waals surface area contributed by atoms with Gasteiger partial charge in [-0.15, -0.1) is 0 Å². The van der Waals surface area contributed by atoms with Gasteiger partial charge in [0, 0.05) is 30.8 Å². The van der Waals surface area contributed by atoms with E-state index in [0.29, 0.717) is 31.6 Å². The predicted octanol–water partition coefficient (Wildman–Crippen LogP) is 2.81. The number of nitrogens with one attached hydrogen (secondary N) is 1. The van der Waals surface area contributed by atoms with E-state index >= 15 is 0 Å². The number of aliphatic carboxylic acids is 1. The van der Waals surface area contributed by atoms with Gasteiger partial charge >= 0.3 is 5.97 Å². The normalized spacial score (nSPS) is 16.7. The summed E-state index contributed by atoms with van der Waals surface area (Å²) in [6.07, 6.45) is 5.41. The van der Waals surface area contributed by atoms with Gasteiger partial charge in [-0.1, -0.05) is 37.5 Å². The number of benzene rings is 1. The molecule has 2 N–H and O–H groups in total. The molecule has 0 atom stereocenters. The Morgan fingerprint density at radius 1 is 1.24 bits per heavy atom. The fourth-order valence-electron chi connectivity index (χ4n) is 3.63. The SMILES string of the molecule is COCCn1cc(C(=O)NC2(C(=O)O)CCCCC2)c2ccccc21. The number of carbonyl (C=O) groups is 2. The Labute approximate surface area is 146 Å². The fraction of sp³-hybridized carbons (Fsp3) is 0.474. The number of para-hydroxylation sites is 1. The molecule has 0 bridgehead atoms. The van der Waals surface area contributed by atoms with Crippen LogP contribution < -0.4 is 5.32 Å². The minimum absolute atomic E-state index is 0.323. The van der Waals surface area contributed by atoms with E-state index in [0.717, 1.165) is 30.2 Å². The summed E-state index contributed by atoms with van der Waals surface area (Å²) >= 11 is 0. The quantitative estimate of drug-likeness (QED) is 0.844. The van der Waals surface area contributed by atoms with Crippen molar-refractivity contribution in [1.82, 2.24) is 9.88 Å². The lowest BCUT2D eigenvalue weighted by Crippen LogP contribution is -2.55. The summed E-state index contributed by atoms with van der Waals surface area (Å²) in [6.45, 7) is 1.17. The number of methoxy groups -OCH3 is 1. The minimum atomic E-state index is -1.15. The molecule has 0 unspecified atom stereocenters. The average Bonchev–Trinajstić information content (AvgIpc) is 2.99. The molecule has 134 valence electrons. The van der Waals surface area contributed by atoms with Crippen molar-refractivity contribution in [3.8, 4) is 0 Å². The summed E-state index contributed by atoms with van der Waals surface area (Å²) < 4.78 is 7.11. The first-order chi connectivity index (χ1) is 12.1. The third-order valence-corrected chi connectivity index (χ3v) is 5.04. The van der Waals surface area contributed by atoms with Crippen LogP contribution in [0.5, 0.6) is 0 Å².